The highest BCUT2D eigenvalue weighted by molar-refractivity contribution is 7.89. The predicted octanol–water partition coefficient (Wildman–Crippen LogP) is 0.808. The van der Waals surface area contributed by atoms with Crippen LogP contribution < -0.4 is 0 Å². The number of aliphatic hydroxyl groups excluding tert-OH is 1. The summed E-state index contributed by atoms with van der Waals surface area (Å²) in [5, 5.41) is 17.9. The fourth-order valence-corrected chi connectivity index (χ4v) is 4.12. The molecule has 116 valence electrons. The maximum Gasteiger partial charge on any atom is 0.341 e. The number of hydrogen-bond donors (Lipinski definition) is 2. The number of halogens is 2. The predicted molar refractivity (Wildman–Crippen MR) is 67.3 cm³/mol. The van der Waals surface area contributed by atoms with E-state index in [4.69, 9.17) is 10.2 Å². The number of benzene rings is 1. The van der Waals surface area contributed by atoms with Crippen molar-refractivity contribution in [2.24, 2.45) is 0 Å². The smallest absolute Gasteiger partial charge is 0.341 e. The van der Waals surface area contributed by atoms with E-state index in [1.807, 2.05) is 0 Å². The third kappa shape index (κ3) is 2.63. The monoisotopic (exact) mass is 321 g/mol. The maximum absolute atomic E-state index is 14.1. The molecule has 0 bridgehead atoms. The van der Waals surface area contributed by atoms with Crippen molar-refractivity contribution in [3.63, 3.8) is 0 Å². The second-order valence-electron chi connectivity index (χ2n) is 4.63. The number of nitrogens with zero attached hydrogens (tertiary/aromatic N) is 1. The fraction of sp³-hybridized carbons (Fsp3) is 0.417. The van der Waals surface area contributed by atoms with Crippen LogP contribution in [0.25, 0.3) is 0 Å². The molecule has 21 heavy (non-hydrogen) atoms. The Balaban J connectivity index is 2.56. The molecule has 1 heterocycles. The van der Waals surface area contributed by atoms with Gasteiger partial charge in [-0.25, -0.2) is 22.0 Å². The van der Waals surface area contributed by atoms with Crippen LogP contribution in [0.2, 0.25) is 0 Å². The van der Waals surface area contributed by atoms with Crippen LogP contribution >= 0.6 is 0 Å². The van der Waals surface area contributed by atoms with Crippen LogP contribution in [0.3, 0.4) is 0 Å². The molecule has 0 spiro atoms. The standard InChI is InChI=1S/C12H13F2NO5S/c13-8-3-4-9(11(14)10(8)12(17)18)21(19,20)15-5-1-2-7(15)6-16/h3-4,7,16H,1-2,5-6H2,(H,17,18)/t7-/m0/s1. The first-order valence-corrected chi connectivity index (χ1v) is 7.58. The van der Waals surface area contributed by atoms with Crippen LogP contribution in [0.1, 0.15) is 23.2 Å². The molecule has 6 nitrogen and oxygen atoms in total. The number of sulfonamides is 1. The number of aliphatic hydroxyl groups is 1. The van der Waals surface area contributed by atoms with Gasteiger partial charge in [-0.1, -0.05) is 0 Å². The van der Waals surface area contributed by atoms with Crippen molar-refractivity contribution >= 4 is 16.0 Å². The largest absolute Gasteiger partial charge is 0.477 e. The minimum atomic E-state index is -4.34. The molecule has 0 amide bonds. The van der Waals surface area contributed by atoms with Crippen molar-refractivity contribution in [3.05, 3.63) is 29.3 Å². The van der Waals surface area contributed by atoms with E-state index in [1.54, 1.807) is 0 Å². The quantitative estimate of drug-likeness (QED) is 0.856. The Kier molecular flexibility index (Phi) is 4.26. The minimum Gasteiger partial charge on any atom is -0.477 e. The lowest BCUT2D eigenvalue weighted by molar-refractivity contribution is 0.0685. The molecule has 1 aromatic carbocycles. The van der Waals surface area contributed by atoms with Crippen LogP contribution in [-0.4, -0.2) is 48.1 Å². The molecular formula is C12H13F2NO5S. The summed E-state index contributed by atoms with van der Waals surface area (Å²) in [4.78, 5) is 9.93. The van der Waals surface area contributed by atoms with E-state index in [9.17, 15) is 22.0 Å². The number of carboxylic acids is 1. The summed E-state index contributed by atoms with van der Waals surface area (Å²) in [6.07, 6.45) is 0.920. The molecule has 1 aliphatic heterocycles. The summed E-state index contributed by atoms with van der Waals surface area (Å²) < 4.78 is 53.0. The zero-order valence-corrected chi connectivity index (χ0v) is 11.6. The highest BCUT2D eigenvalue weighted by Crippen LogP contribution is 2.29. The Morgan fingerprint density at radius 3 is 2.62 bits per heavy atom. The molecule has 1 aromatic rings. The van der Waals surface area contributed by atoms with Crippen molar-refractivity contribution in [3.8, 4) is 0 Å². The van der Waals surface area contributed by atoms with Crippen LogP contribution in [0.15, 0.2) is 17.0 Å². The van der Waals surface area contributed by atoms with Crippen LogP contribution in [0, 0.1) is 11.6 Å². The molecule has 1 fully saturated rings. The zero-order valence-electron chi connectivity index (χ0n) is 10.8. The van der Waals surface area contributed by atoms with Gasteiger partial charge < -0.3 is 10.2 Å². The van der Waals surface area contributed by atoms with E-state index in [0.29, 0.717) is 25.0 Å². The van der Waals surface area contributed by atoms with E-state index in [2.05, 4.69) is 0 Å². The lowest BCUT2D eigenvalue weighted by Crippen LogP contribution is -2.38. The SMILES string of the molecule is O=C(O)c1c(F)ccc(S(=O)(=O)N2CCC[C@H]2CO)c1F. The van der Waals surface area contributed by atoms with Crippen molar-refractivity contribution in [1.29, 1.82) is 0 Å². The fourth-order valence-electron chi connectivity index (χ4n) is 2.36. The van der Waals surface area contributed by atoms with Gasteiger partial charge in [0.05, 0.1) is 6.61 Å². The molecule has 1 saturated heterocycles. The Hall–Kier alpha value is -1.58. The Morgan fingerprint density at radius 1 is 1.38 bits per heavy atom. The molecule has 0 unspecified atom stereocenters. The lowest BCUT2D eigenvalue weighted by Gasteiger charge is -2.22. The summed E-state index contributed by atoms with van der Waals surface area (Å²) in [6.45, 7) is -0.333. The number of aromatic carboxylic acids is 1. The highest BCUT2D eigenvalue weighted by atomic mass is 32.2. The normalized spacial score (nSPS) is 19.9. The van der Waals surface area contributed by atoms with E-state index in [-0.39, 0.29) is 6.54 Å². The first-order chi connectivity index (χ1) is 9.80. The van der Waals surface area contributed by atoms with Crippen LogP contribution in [0.4, 0.5) is 8.78 Å². The molecule has 0 radical (unpaired) electrons. The molecule has 9 heteroatoms. The topological polar surface area (TPSA) is 94.9 Å². The van der Waals surface area contributed by atoms with Gasteiger partial charge in [-0.15, -0.1) is 0 Å². The summed E-state index contributed by atoms with van der Waals surface area (Å²) in [5.74, 6) is -4.87. The molecule has 1 atom stereocenters. The minimum absolute atomic E-state index is 0.0901. The average Bonchev–Trinajstić information content (AvgIpc) is 2.86. The van der Waals surface area contributed by atoms with Gasteiger partial charge in [0, 0.05) is 12.6 Å². The van der Waals surface area contributed by atoms with Crippen molar-refractivity contribution in [2.45, 2.75) is 23.8 Å². The summed E-state index contributed by atoms with van der Waals surface area (Å²) >= 11 is 0. The third-order valence-electron chi connectivity index (χ3n) is 3.39. The lowest BCUT2D eigenvalue weighted by atomic mass is 10.2. The summed E-state index contributed by atoms with van der Waals surface area (Å²) in [6, 6.07) is 0.607. The van der Waals surface area contributed by atoms with E-state index < -0.39 is 50.7 Å². The van der Waals surface area contributed by atoms with Crippen LogP contribution in [-0.2, 0) is 10.0 Å². The number of rotatable bonds is 4. The van der Waals surface area contributed by atoms with E-state index >= 15 is 0 Å². The number of hydrogen-bond acceptors (Lipinski definition) is 4. The zero-order chi connectivity index (χ0) is 15.8. The molecule has 0 aliphatic carbocycles. The molecule has 0 aromatic heterocycles. The van der Waals surface area contributed by atoms with Gasteiger partial charge in [0.25, 0.3) is 0 Å². The van der Waals surface area contributed by atoms with Gasteiger partial charge in [-0.05, 0) is 25.0 Å². The van der Waals surface area contributed by atoms with Gasteiger partial charge in [-0.2, -0.15) is 4.31 Å². The average molecular weight is 321 g/mol. The van der Waals surface area contributed by atoms with Crippen molar-refractivity contribution in [1.82, 2.24) is 4.31 Å². The second kappa shape index (κ2) is 5.66. The van der Waals surface area contributed by atoms with E-state index in [0.717, 1.165) is 4.31 Å². The first kappa shape index (κ1) is 15.8. The molecule has 2 rings (SSSR count). The van der Waals surface area contributed by atoms with Crippen molar-refractivity contribution < 1.29 is 32.2 Å². The first-order valence-electron chi connectivity index (χ1n) is 6.14. The molecule has 1 aliphatic rings. The Morgan fingerprint density at radius 2 is 2.05 bits per heavy atom. The summed E-state index contributed by atoms with van der Waals surface area (Å²) in [7, 11) is -4.34. The molecule has 0 saturated carbocycles. The molecule has 2 N–H and O–H groups in total. The second-order valence-corrected chi connectivity index (χ2v) is 6.49. The number of carbonyl (C=O) groups is 1. The van der Waals surface area contributed by atoms with Gasteiger partial charge in [-0.3, -0.25) is 0 Å². The van der Waals surface area contributed by atoms with Gasteiger partial charge >= 0.3 is 5.97 Å². The third-order valence-corrected chi connectivity index (χ3v) is 5.36. The number of carboxylic acid groups (broad SMARTS) is 1. The van der Waals surface area contributed by atoms with Gasteiger partial charge in [0.2, 0.25) is 10.0 Å². The maximum atomic E-state index is 14.1. The highest BCUT2D eigenvalue weighted by Gasteiger charge is 2.37. The molecular weight excluding hydrogens is 308 g/mol. The van der Waals surface area contributed by atoms with Crippen molar-refractivity contribution in [2.75, 3.05) is 13.2 Å². The van der Waals surface area contributed by atoms with Gasteiger partial charge in [0.1, 0.15) is 16.3 Å². The van der Waals surface area contributed by atoms with Gasteiger partial charge in [0.15, 0.2) is 5.82 Å². The van der Waals surface area contributed by atoms with Crippen LogP contribution in [0.5, 0.6) is 0 Å². The Labute approximate surface area is 119 Å². The summed E-state index contributed by atoms with van der Waals surface area (Å²) in [5.41, 5.74) is -1.31. The Bertz CT molecular complexity index is 676. The van der Waals surface area contributed by atoms with E-state index in [1.165, 1.54) is 0 Å².